The molecule has 0 bridgehead atoms. The summed E-state index contributed by atoms with van der Waals surface area (Å²) in [4.78, 5) is 14.5. The molecule has 1 aliphatic rings. The van der Waals surface area contributed by atoms with Gasteiger partial charge in [0.2, 0.25) is 0 Å². The maximum Gasteiger partial charge on any atom is 0.170 e. The number of carbonyl (C=O) groups excluding carboxylic acids is 1. The Morgan fingerprint density at radius 1 is 1.00 bits per heavy atom. The van der Waals surface area contributed by atoms with Gasteiger partial charge in [-0.05, 0) is 41.7 Å². The summed E-state index contributed by atoms with van der Waals surface area (Å²) in [7, 11) is 0. The van der Waals surface area contributed by atoms with Crippen LogP contribution in [-0.2, 0) is 4.79 Å². The second-order valence-electron chi connectivity index (χ2n) is 6.66. The molecule has 0 radical (unpaired) electrons. The third kappa shape index (κ3) is 3.06. The number of fused-ring (bicyclic) bond motifs is 1. The van der Waals surface area contributed by atoms with Crippen LogP contribution in [0.25, 0.3) is 10.8 Å². The highest BCUT2D eigenvalue weighted by molar-refractivity contribution is 8.04. The first-order chi connectivity index (χ1) is 9.94. The second-order valence-corrected chi connectivity index (χ2v) is 7.75. The fourth-order valence-electron chi connectivity index (χ4n) is 3.11. The lowest BCUT2D eigenvalue weighted by molar-refractivity contribution is -0.117. The Balaban J connectivity index is 1.93. The van der Waals surface area contributed by atoms with Crippen LogP contribution >= 0.6 is 11.8 Å². The molecule has 0 aliphatic heterocycles. The Bertz CT molecular complexity index is 740. The van der Waals surface area contributed by atoms with Crippen LogP contribution in [0.3, 0.4) is 0 Å². The van der Waals surface area contributed by atoms with Gasteiger partial charge in [-0.25, -0.2) is 0 Å². The zero-order chi connectivity index (χ0) is 15.0. The molecule has 0 aromatic heterocycles. The maximum atomic E-state index is 12.4. The molecule has 1 nitrogen and oxygen atoms in total. The van der Waals surface area contributed by atoms with Crippen molar-refractivity contribution in [2.45, 2.75) is 38.5 Å². The Hall–Kier alpha value is -1.54. The topological polar surface area (TPSA) is 17.1 Å². The van der Waals surface area contributed by atoms with Gasteiger partial charge < -0.3 is 0 Å². The SMILES string of the molecule is CC1=C(Sc2ccc3ccccc3c2)C(=O)CC(C)(C)C1. The highest BCUT2D eigenvalue weighted by Crippen LogP contribution is 2.42. The average Bonchev–Trinajstić information content (AvgIpc) is 2.42. The van der Waals surface area contributed by atoms with E-state index < -0.39 is 0 Å². The normalized spacial score (nSPS) is 18.3. The minimum Gasteiger partial charge on any atom is -0.294 e. The maximum absolute atomic E-state index is 12.4. The highest BCUT2D eigenvalue weighted by Gasteiger charge is 2.31. The minimum atomic E-state index is 0.106. The van der Waals surface area contributed by atoms with Crippen LogP contribution < -0.4 is 0 Å². The van der Waals surface area contributed by atoms with Crippen molar-refractivity contribution in [3.05, 3.63) is 52.9 Å². The van der Waals surface area contributed by atoms with Crippen molar-refractivity contribution in [2.75, 3.05) is 0 Å². The molecule has 2 aromatic rings. The molecule has 0 N–H and O–H groups in total. The zero-order valence-electron chi connectivity index (χ0n) is 12.8. The Morgan fingerprint density at radius 2 is 1.71 bits per heavy atom. The van der Waals surface area contributed by atoms with E-state index in [0.717, 1.165) is 16.2 Å². The Kier molecular flexibility index (Phi) is 3.66. The zero-order valence-corrected chi connectivity index (χ0v) is 13.6. The molecule has 0 unspecified atom stereocenters. The summed E-state index contributed by atoms with van der Waals surface area (Å²) >= 11 is 1.63. The van der Waals surface area contributed by atoms with Gasteiger partial charge in [-0.1, -0.05) is 61.5 Å². The van der Waals surface area contributed by atoms with Crippen molar-refractivity contribution >= 4 is 28.3 Å². The standard InChI is InChI=1S/C19H20OS/c1-13-11-19(2,3)12-17(20)18(13)21-16-9-8-14-6-4-5-7-15(14)10-16/h4-10H,11-12H2,1-3H3. The van der Waals surface area contributed by atoms with Gasteiger partial charge in [-0.15, -0.1) is 0 Å². The first-order valence-electron chi connectivity index (χ1n) is 7.34. The summed E-state index contributed by atoms with van der Waals surface area (Å²) in [6.07, 6.45) is 1.66. The van der Waals surface area contributed by atoms with Crippen molar-refractivity contribution in [1.82, 2.24) is 0 Å². The van der Waals surface area contributed by atoms with E-state index in [1.807, 2.05) is 0 Å². The number of carbonyl (C=O) groups is 1. The van der Waals surface area contributed by atoms with Crippen LogP contribution in [0.1, 0.15) is 33.6 Å². The van der Waals surface area contributed by atoms with E-state index in [4.69, 9.17) is 0 Å². The molecule has 0 amide bonds. The largest absolute Gasteiger partial charge is 0.294 e. The van der Waals surface area contributed by atoms with Crippen molar-refractivity contribution < 1.29 is 4.79 Å². The van der Waals surface area contributed by atoms with Gasteiger partial charge in [0, 0.05) is 11.3 Å². The van der Waals surface area contributed by atoms with Crippen LogP contribution in [0.4, 0.5) is 0 Å². The Labute approximate surface area is 130 Å². The smallest absolute Gasteiger partial charge is 0.170 e. The summed E-state index contributed by atoms with van der Waals surface area (Å²) in [5.74, 6) is 0.293. The van der Waals surface area contributed by atoms with Gasteiger partial charge >= 0.3 is 0 Å². The third-order valence-electron chi connectivity index (χ3n) is 3.96. The molecule has 1 aliphatic carbocycles. The fourth-order valence-corrected chi connectivity index (χ4v) is 4.10. The van der Waals surface area contributed by atoms with Crippen LogP contribution in [0.15, 0.2) is 57.8 Å². The van der Waals surface area contributed by atoms with Gasteiger partial charge in [0.15, 0.2) is 5.78 Å². The molecular weight excluding hydrogens is 276 g/mol. The summed E-state index contributed by atoms with van der Waals surface area (Å²) in [6.45, 7) is 6.44. The summed E-state index contributed by atoms with van der Waals surface area (Å²) in [6, 6.07) is 14.7. The molecule has 0 spiro atoms. The van der Waals surface area contributed by atoms with Gasteiger partial charge in [-0.3, -0.25) is 4.79 Å². The predicted molar refractivity (Wildman–Crippen MR) is 90.5 cm³/mol. The number of Topliss-reactive ketones (excluding diaryl/α,β-unsaturated/α-hetero) is 1. The number of allylic oxidation sites excluding steroid dienone is 2. The van der Waals surface area contributed by atoms with Gasteiger partial charge in [-0.2, -0.15) is 0 Å². The molecule has 0 fully saturated rings. The number of rotatable bonds is 2. The van der Waals surface area contributed by atoms with Gasteiger partial charge in [0.25, 0.3) is 0 Å². The van der Waals surface area contributed by atoms with E-state index in [2.05, 4.69) is 63.2 Å². The molecule has 21 heavy (non-hydrogen) atoms. The van der Waals surface area contributed by atoms with Crippen LogP contribution in [0.2, 0.25) is 0 Å². The number of ketones is 1. The molecular formula is C19H20OS. The molecule has 3 rings (SSSR count). The van der Waals surface area contributed by atoms with Gasteiger partial charge in [0.05, 0.1) is 4.91 Å². The van der Waals surface area contributed by atoms with E-state index in [0.29, 0.717) is 12.2 Å². The summed E-state index contributed by atoms with van der Waals surface area (Å²) < 4.78 is 0. The predicted octanol–water partition coefficient (Wildman–Crippen LogP) is 5.60. The van der Waals surface area contributed by atoms with Crippen LogP contribution in [0, 0.1) is 5.41 Å². The fraction of sp³-hybridized carbons (Fsp3) is 0.316. The third-order valence-corrected chi connectivity index (χ3v) is 5.23. The Morgan fingerprint density at radius 3 is 2.43 bits per heavy atom. The van der Waals surface area contributed by atoms with Crippen molar-refractivity contribution in [1.29, 1.82) is 0 Å². The van der Waals surface area contributed by atoms with E-state index >= 15 is 0 Å². The monoisotopic (exact) mass is 296 g/mol. The first-order valence-corrected chi connectivity index (χ1v) is 8.16. The molecule has 108 valence electrons. The highest BCUT2D eigenvalue weighted by atomic mass is 32.2. The van der Waals surface area contributed by atoms with Crippen LogP contribution in [-0.4, -0.2) is 5.78 Å². The lowest BCUT2D eigenvalue weighted by atomic mass is 9.77. The first kappa shape index (κ1) is 14.4. The lowest BCUT2D eigenvalue weighted by Crippen LogP contribution is -2.23. The van der Waals surface area contributed by atoms with E-state index in [-0.39, 0.29) is 5.41 Å². The summed E-state index contributed by atoms with van der Waals surface area (Å²) in [5, 5.41) is 2.47. The van der Waals surface area contributed by atoms with E-state index in [1.54, 1.807) is 11.8 Å². The van der Waals surface area contributed by atoms with E-state index in [1.165, 1.54) is 16.3 Å². The molecule has 2 heteroatoms. The molecule has 0 heterocycles. The number of thioether (sulfide) groups is 1. The molecule has 0 saturated heterocycles. The average molecular weight is 296 g/mol. The molecule has 0 atom stereocenters. The number of hydrogen-bond donors (Lipinski definition) is 0. The molecule has 2 aromatic carbocycles. The van der Waals surface area contributed by atoms with Crippen molar-refractivity contribution in [2.24, 2.45) is 5.41 Å². The minimum absolute atomic E-state index is 0.106. The van der Waals surface area contributed by atoms with Gasteiger partial charge in [0.1, 0.15) is 0 Å². The number of benzene rings is 2. The number of hydrogen-bond acceptors (Lipinski definition) is 2. The van der Waals surface area contributed by atoms with Crippen molar-refractivity contribution in [3.8, 4) is 0 Å². The van der Waals surface area contributed by atoms with E-state index in [9.17, 15) is 4.79 Å². The van der Waals surface area contributed by atoms with Crippen molar-refractivity contribution in [3.63, 3.8) is 0 Å². The lowest BCUT2D eigenvalue weighted by Gasteiger charge is -2.30. The second kappa shape index (κ2) is 5.34. The quantitative estimate of drug-likeness (QED) is 0.718. The van der Waals surface area contributed by atoms with Crippen LogP contribution in [0.5, 0.6) is 0 Å². The molecule has 0 saturated carbocycles. The summed E-state index contributed by atoms with van der Waals surface area (Å²) in [5.41, 5.74) is 1.34.